The molecule has 0 aliphatic heterocycles. The van der Waals surface area contributed by atoms with Crippen LogP contribution in [-0.4, -0.2) is 12.8 Å². The monoisotopic (exact) mass is 301 g/mol. The summed E-state index contributed by atoms with van der Waals surface area (Å²) < 4.78 is 43.9. The van der Waals surface area contributed by atoms with Crippen molar-refractivity contribution >= 4 is 0 Å². The van der Waals surface area contributed by atoms with E-state index in [4.69, 9.17) is 10.5 Å². The van der Waals surface area contributed by atoms with Crippen LogP contribution in [0.2, 0.25) is 0 Å². The van der Waals surface area contributed by atoms with Crippen LogP contribution in [0.25, 0.3) is 0 Å². The lowest BCUT2D eigenvalue weighted by Gasteiger charge is -2.34. The lowest BCUT2D eigenvalue weighted by molar-refractivity contribution is -0.186. The van der Waals surface area contributed by atoms with E-state index in [-0.39, 0.29) is 24.8 Å². The van der Waals surface area contributed by atoms with Gasteiger partial charge in [-0.15, -0.1) is 0 Å². The predicted octanol–water partition coefficient (Wildman–Crippen LogP) is 4.45. The number of rotatable bonds is 4. The second-order valence-corrected chi connectivity index (χ2v) is 5.69. The molecule has 1 aliphatic rings. The van der Waals surface area contributed by atoms with Gasteiger partial charge < -0.3 is 10.5 Å². The fraction of sp³-hybridized carbons (Fsp3) is 0.625. The molecule has 1 fully saturated rings. The zero-order valence-corrected chi connectivity index (χ0v) is 12.2. The van der Waals surface area contributed by atoms with Crippen molar-refractivity contribution in [3.05, 3.63) is 29.8 Å². The molecule has 0 amide bonds. The van der Waals surface area contributed by atoms with E-state index in [0.29, 0.717) is 13.0 Å². The van der Waals surface area contributed by atoms with Crippen LogP contribution in [0.5, 0.6) is 5.75 Å². The summed E-state index contributed by atoms with van der Waals surface area (Å²) in [5, 5.41) is 0. The van der Waals surface area contributed by atoms with Crippen LogP contribution in [-0.2, 0) is 0 Å². The predicted molar refractivity (Wildman–Crippen MR) is 76.0 cm³/mol. The van der Waals surface area contributed by atoms with Crippen molar-refractivity contribution in [3.8, 4) is 5.75 Å². The van der Waals surface area contributed by atoms with Crippen LogP contribution in [0.4, 0.5) is 13.2 Å². The summed E-state index contributed by atoms with van der Waals surface area (Å²) in [7, 11) is 0. The molecule has 2 rings (SSSR count). The third-order valence-corrected chi connectivity index (χ3v) is 4.26. The smallest absolute Gasteiger partial charge is 0.391 e. The first-order valence-corrected chi connectivity index (χ1v) is 7.47. The molecule has 1 aromatic rings. The maximum atomic E-state index is 12.9. The van der Waals surface area contributed by atoms with E-state index in [1.807, 2.05) is 31.2 Å². The molecule has 3 unspecified atom stereocenters. The third-order valence-electron chi connectivity index (χ3n) is 4.26. The van der Waals surface area contributed by atoms with Gasteiger partial charge in [0.05, 0.1) is 12.5 Å². The van der Waals surface area contributed by atoms with Crippen LogP contribution in [0.1, 0.15) is 44.2 Å². The Morgan fingerprint density at radius 1 is 1.24 bits per heavy atom. The summed E-state index contributed by atoms with van der Waals surface area (Å²) in [4.78, 5) is 0. The Hall–Kier alpha value is -1.23. The van der Waals surface area contributed by atoms with Gasteiger partial charge in [0.25, 0.3) is 0 Å². The van der Waals surface area contributed by atoms with Gasteiger partial charge in [0.2, 0.25) is 0 Å². The Balaban J connectivity index is 2.03. The summed E-state index contributed by atoms with van der Waals surface area (Å²) in [6.07, 6.45) is -2.37. The van der Waals surface area contributed by atoms with Crippen molar-refractivity contribution in [2.45, 2.75) is 44.8 Å². The quantitative estimate of drug-likeness (QED) is 0.891. The molecule has 0 bridgehead atoms. The van der Waals surface area contributed by atoms with E-state index in [0.717, 1.165) is 17.7 Å². The van der Waals surface area contributed by atoms with Gasteiger partial charge in [-0.25, -0.2) is 0 Å². The molecular weight excluding hydrogens is 279 g/mol. The molecule has 0 heterocycles. The van der Waals surface area contributed by atoms with Crippen molar-refractivity contribution in [1.82, 2.24) is 0 Å². The highest BCUT2D eigenvalue weighted by Gasteiger charge is 2.43. The molecular formula is C16H22F3NO. The molecule has 2 N–H and O–H groups in total. The molecule has 21 heavy (non-hydrogen) atoms. The maximum Gasteiger partial charge on any atom is 0.391 e. The van der Waals surface area contributed by atoms with Crippen LogP contribution < -0.4 is 10.5 Å². The first kappa shape index (κ1) is 16.1. The topological polar surface area (TPSA) is 35.2 Å². The molecule has 0 saturated heterocycles. The number of benzene rings is 1. The van der Waals surface area contributed by atoms with E-state index in [1.54, 1.807) is 0 Å². The highest BCUT2D eigenvalue weighted by atomic mass is 19.4. The van der Waals surface area contributed by atoms with E-state index in [2.05, 4.69) is 0 Å². The fourth-order valence-electron chi connectivity index (χ4n) is 3.08. The summed E-state index contributed by atoms with van der Waals surface area (Å²) in [5.41, 5.74) is 7.07. The first-order valence-electron chi connectivity index (χ1n) is 7.47. The molecule has 3 atom stereocenters. The van der Waals surface area contributed by atoms with E-state index >= 15 is 0 Å². The maximum absolute atomic E-state index is 12.9. The van der Waals surface area contributed by atoms with Gasteiger partial charge in [0, 0.05) is 6.04 Å². The standard InChI is InChI=1S/C16H22F3NO/c1-2-21-14-8-6-11(7-9-14)15(20)12-4-3-5-13(10-12)16(17,18)19/h6-9,12-13,15H,2-5,10,20H2,1H3. The van der Waals surface area contributed by atoms with Crippen molar-refractivity contribution in [3.63, 3.8) is 0 Å². The van der Waals surface area contributed by atoms with Crippen molar-refractivity contribution in [1.29, 1.82) is 0 Å². The normalized spacial score (nSPS) is 24.6. The molecule has 1 saturated carbocycles. The van der Waals surface area contributed by atoms with Crippen LogP contribution in [0.15, 0.2) is 24.3 Å². The van der Waals surface area contributed by atoms with Crippen LogP contribution >= 0.6 is 0 Å². The summed E-state index contributed by atoms with van der Waals surface area (Å²) >= 11 is 0. The summed E-state index contributed by atoms with van der Waals surface area (Å²) in [5.74, 6) is -0.557. The van der Waals surface area contributed by atoms with Gasteiger partial charge in [0.1, 0.15) is 5.75 Å². The molecule has 0 aromatic heterocycles. The van der Waals surface area contributed by atoms with Gasteiger partial charge >= 0.3 is 6.18 Å². The number of halogens is 3. The van der Waals surface area contributed by atoms with Crippen molar-refractivity contribution in [2.24, 2.45) is 17.6 Å². The molecule has 0 spiro atoms. The molecule has 1 aliphatic carbocycles. The Morgan fingerprint density at radius 3 is 2.48 bits per heavy atom. The van der Waals surface area contributed by atoms with Crippen molar-refractivity contribution in [2.75, 3.05) is 6.61 Å². The molecule has 2 nitrogen and oxygen atoms in total. The Bertz CT molecular complexity index is 444. The number of hydrogen-bond donors (Lipinski definition) is 1. The average Bonchev–Trinajstić information content (AvgIpc) is 2.47. The van der Waals surface area contributed by atoms with Gasteiger partial charge in [-0.05, 0) is 49.8 Å². The SMILES string of the molecule is CCOc1ccc(C(N)C2CCCC(C(F)(F)F)C2)cc1. The number of ether oxygens (including phenoxy) is 1. The van der Waals surface area contributed by atoms with Crippen LogP contribution in [0.3, 0.4) is 0 Å². The van der Waals surface area contributed by atoms with Gasteiger partial charge in [-0.2, -0.15) is 13.2 Å². The second kappa shape index (κ2) is 6.69. The zero-order chi connectivity index (χ0) is 15.5. The third kappa shape index (κ3) is 4.13. The molecule has 0 radical (unpaired) electrons. The second-order valence-electron chi connectivity index (χ2n) is 5.69. The van der Waals surface area contributed by atoms with E-state index in [9.17, 15) is 13.2 Å². The minimum absolute atomic E-state index is 0.108. The van der Waals surface area contributed by atoms with E-state index < -0.39 is 12.1 Å². The minimum Gasteiger partial charge on any atom is -0.494 e. The number of hydrogen-bond acceptors (Lipinski definition) is 2. The fourth-order valence-corrected chi connectivity index (χ4v) is 3.08. The van der Waals surface area contributed by atoms with Gasteiger partial charge in [-0.1, -0.05) is 18.6 Å². The number of alkyl halides is 3. The summed E-state index contributed by atoms with van der Waals surface area (Å²) in [6, 6.07) is 7.01. The Labute approximate surface area is 123 Å². The largest absolute Gasteiger partial charge is 0.494 e. The molecule has 118 valence electrons. The Kier molecular flexibility index (Phi) is 5.14. The lowest BCUT2D eigenvalue weighted by atomic mass is 9.76. The van der Waals surface area contributed by atoms with Crippen LogP contribution in [0, 0.1) is 11.8 Å². The highest BCUT2D eigenvalue weighted by Crippen LogP contribution is 2.43. The summed E-state index contributed by atoms with van der Waals surface area (Å²) in [6.45, 7) is 2.49. The highest BCUT2D eigenvalue weighted by molar-refractivity contribution is 5.29. The van der Waals surface area contributed by atoms with Crippen molar-refractivity contribution < 1.29 is 17.9 Å². The average molecular weight is 301 g/mol. The van der Waals surface area contributed by atoms with Gasteiger partial charge in [-0.3, -0.25) is 0 Å². The van der Waals surface area contributed by atoms with Gasteiger partial charge in [0.15, 0.2) is 0 Å². The Morgan fingerprint density at radius 2 is 1.90 bits per heavy atom. The van der Waals surface area contributed by atoms with E-state index in [1.165, 1.54) is 0 Å². The molecule has 1 aromatic carbocycles. The molecule has 5 heteroatoms. The minimum atomic E-state index is -4.10. The lowest BCUT2D eigenvalue weighted by Crippen LogP contribution is -2.33. The zero-order valence-electron chi connectivity index (χ0n) is 12.2. The number of nitrogens with two attached hydrogens (primary N) is 1. The first-order chi connectivity index (χ1) is 9.91.